The zero-order chi connectivity index (χ0) is 17.1. The maximum Gasteiger partial charge on any atom is 0.363 e. The highest BCUT2D eigenvalue weighted by atomic mass is 16.6. The molecule has 1 heterocycles. The summed E-state index contributed by atoms with van der Waals surface area (Å²) >= 11 is 0. The molecule has 0 aromatic heterocycles. The van der Waals surface area contributed by atoms with Crippen molar-refractivity contribution in [3.05, 3.63) is 64.9 Å². The number of benzene rings is 2. The lowest BCUT2D eigenvalue weighted by atomic mass is 10.1. The van der Waals surface area contributed by atoms with E-state index in [9.17, 15) is 4.79 Å². The molecule has 1 aliphatic heterocycles. The maximum absolute atomic E-state index is 12.1. The largest absolute Gasteiger partial charge is 0.493 e. The van der Waals surface area contributed by atoms with Crippen LogP contribution in [0.25, 0.3) is 6.08 Å². The first kappa shape index (κ1) is 15.8. The number of cyclic esters (lactones) is 1. The Balaban J connectivity index is 1.96. The van der Waals surface area contributed by atoms with Gasteiger partial charge in [-0.25, -0.2) is 9.79 Å². The Morgan fingerprint density at radius 2 is 1.79 bits per heavy atom. The van der Waals surface area contributed by atoms with Gasteiger partial charge in [-0.15, -0.1) is 0 Å². The van der Waals surface area contributed by atoms with Crippen LogP contribution in [0.15, 0.2) is 53.2 Å². The third-order valence-corrected chi connectivity index (χ3v) is 3.71. The summed E-state index contributed by atoms with van der Waals surface area (Å²) in [4.78, 5) is 16.4. The second-order valence-electron chi connectivity index (χ2n) is 5.27. The van der Waals surface area contributed by atoms with E-state index >= 15 is 0 Å². The number of ether oxygens (including phenoxy) is 3. The van der Waals surface area contributed by atoms with Crippen molar-refractivity contribution in [1.82, 2.24) is 0 Å². The van der Waals surface area contributed by atoms with E-state index in [1.807, 2.05) is 37.3 Å². The Hall–Kier alpha value is -3.08. The van der Waals surface area contributed by atoms with Crippen LogP contribution in [-0.2, 0) is 9.53 Å². The fourth-order valence-electron chi connectivity index (χ4n) is 2.44. The summed E-state index contributed by atoms with van der Waals surface area (Å²) in [5.74, 6) is 1.06. The van der Waals surface area contributed by atoms with Crippen LogP contribution in [0.3, 0.4) is 0 Å². The Morgan fingerprint density at radius 3 is 2.50 bits per heavy atom. The topological polar surface area (TPSA) is 57.1 Å². The van der Waals surface area contributed by atoms with Crippen LogP contribution < -0.4 is 9.47 Å². The van der Waals surface area contributed by atoms with Gasteiger partial charge in [0.05, 0.1) is 14.2 Å². The van der Waals surface area contributed by atoms with E-state index in [0.717, 1.165) is 16.7 Å². The van der Waals surface area contributed by atoms with Crippen molar-refractivity contribution in [3.8, 4) is 11.5 Å². The number of carbonyl (C=O) groups is 1. The van der Waals surface area contributed by atoms with Gasteiger partial charge in [-0.1, -0.05) is 24.3 Å². The Morgan fingerprint density at radius 1 is 1.04 bits per heavy atom. The standard InChI is InChI=1S/C19H17NO4/c1-12-6-4-5-7-14(12)18-20-15(19(21)24-18)10-13-8-9-16(22-2)17(11-13)23-3/h4-11H,1-3H3/b15-10-. The molecule has 0 N–H and O–H groups in total. The van der Waals surface area contributed by atoms with Crippen molar-refractivity contribution in [2.75, 3.05) is 14.2 Å². The van der Waals surface area contributed by atoms with Gasteiger partial charge in [-0.05, 0) is 42.3 Å². The van der Waals surface area contributed by atoms with Crippen LogP contribution in [0, 0.1) is 6.92 Å². The quantitative estimate of drug-likeness (QED) is 0.639. The van der Waals surface area contributed by atoms with Crippen LogP contribution in [0.2, 0.25) is 0 Å². The summed E-state index contributed by atoms with van der Waals surface area (Å²) < 4.78 is 15.8. The normalized spacial score (nSPS) is 15.2. The molecule has 24 heavy (non-hydrogen) atoms. The SMILES string of the molecule is COc1ccc(/C=C2\N=C(c3ccccc3C)OC2=O)cc1OC. The van der Waals surface area contributed by atoms with Gasteiger partial charge < -0.3 is 14.2 Å². The third-order valence-electron chi connectivity index (χ3n) is 3.71. The van der Waals surface area contributed by atoms with Crippen LogP contribution in [0.4, 0.5) is 0 Å². The molecule has 0 saturated carbocycles. The molecule has 0 atom stereocenters. The number of aliphatic imine (C=N–C) groups is 1. The van der Waals surface area contributed by atoms with Crippen molar-refractivity contribution in [2.24, 2.45) is 4.99 Å². The average molecular weight is 323 g/mol. The van der Waals surface area contributed by atoms with Gasteiger partial charge in [-0.3, -0.25) is 0 Å². The monoisotopic (exact) mass is 323 g/mol. The third kappa shape index (κ3) is 3.01. The van der Waals surface area contributed by atoms with Crippen molar-refractivity contribution in [3.63, 3.8) is 0 Å². The maximum atomic E-state index is 12.1. The first-order chi connectivity index (χ1) is 11.6. The van der Waals surface area contributed by atoms with E-state index in [2.05, 4.69) is 4.99 Å². The molecule has 0 bridgehead atoms. The fourth-order valence-corrected chi connectivity index (χ4v) is 2.44. The lowest BCUT2D eigenvalue weighted by Gasteiger charge is -2.07. The van der Waals surface area contributed by atoms with Gasteiger partial charge in [0.15, 0.2) is 17.2 Å². The van der Waals surface area contributed by atoms with E-state index < -0.39 is 5.97 Å². The highest BCUT2D eigenvalue weighted by Crippen LogP contribution is 2.29. The lowest BCUT2D eigenvalue weighted by Crippen LogP contribution is -2.06. The molecular weight excluding hydrogens is 306 g/mol. The summed E-state index contributed by atoms with van der Waals surface area (Å²) in [5.41, 5.74) is 2.83. The molecule has 1 aliphatic rings. The minimum absolute atomic E-state index is 0.250. The van der Waals surface area contributed by atoms with Gasteiger partial charge in [0, 0.05) is 5.56 Å². The van der Waals surface area contributed by atoms with Crippen LogP contribution >= 0.6 is 0 Å². The molecule has 0 amide bonds. The van der Waals surface area contributed by atoms with E-state index in [1.54, 1.807) is 32.4 Å². The molecule has 2 aromatic rings. The molecule has 0 saturated heterocycles. The minimum atomic E-state index is -0.469. The fraction of sp³-hybridized carbons (Fsp3) is 0.158. The lowest BCUT2D eigenvalue weighted by molar-refractivity contribution is -0.129. The Kier molecular flexibility index (Phi) is 4.33. The number of esters is 1. The Labute approximate surface area is 140 Å². The van der Waals surface area contributed by atoms with Gasteiger partial charge in [0.1, 0.15) is 0 Å². The summed E-state index contributed by atoms with van der Waals surface area (Å²) in [5, 5.41) is 0. The summed E-state index contributed by atoms with van der Waals surface area (Å²) in [7, 11) is 3.14. The second-order valence-corrected chi connectivity index (χ2v) is 5.27. The molecule has 0 fully saturated rings. The van der Waals surface area contributed by atoms with Gasteiger partial charge in [0.2, 0.25) is 5.90 Å². The van der Waals surface area contributed by atoms with Crippen molar-refractivity contribution in [2.45, 2.75) is 6.92 Å². The van der Waals surface area contributed by atoms with Crippen LogP contribution in [-0.4, -0.2) is 26.1 Å². The van der Waals surface area contributed by atoms with Gasteiger partial charge in [-0.2, -0.15) is 0 Å². The Bertz CT molecular complexity index is 852. The number of rotatable bonds is 4. The molecule has 0 aliphatic carbocycles. The number of hydrogen-bond acceptors (Lipinski definition) is 5. The molecule has 2 aromatic carbocycles. The minimum Gasteiger partial charge on any atom is -0.493 e. The molecule has 3 rings (SSSR count). The molecule has 0 radical (unpaired) electrons. The van der Waals surface area contributed by atoms with E-state index in [-0.39, 0.29) is 5.70 Å². The smallest absolute Gasteiger partial charge is 0.363 e. The number of nitrogens with zero attached hydrogens (tertiary/aromatic N) is 1. The summed E-state index contributed by atoms with van der Waals surface area (Å²) in [6.45, 7) is 1.95. The zero-order valence-corrected chi connectivity index (χ0v) is 13.7. The average Bonchev–Trinajstić information content (AvgIpc) is 2.95. The highest BCUT2D eigenvalue weighted by molar-refractivity contribution is 6.13. The molecule has 5 heteroatoms. The molecular formula is C19H17NO4. The van der Waals surface area contributed by atoms with Gasteiger partial charge in [0.25, 0.3) is 0 Å². The molecule has 0 unspecified atom stereocenters. The first-order valence-electron chi connectivity index (χ1n) is 7.43. The number of hydrogen-bond donors (Lipinski definition) is 0. The van der Waals surface area contributed by atoms with Gasteiger partial charge >= 0.3 is 5.97 Å². The second kappa shape index (κ2) is 6.58. The van der Waals surface area contributed by atoms with Crippen molar-refractivity contribution in [1.29, 1.82) is 0 Å². The highest BCUT2D eigenvalue weighted by Gasteiger charge is 2.25. The number of carbonyl (C=O) groups excluding carboxylic acids is 1. The molecule has 0 spiro atoms. The van der Waals surface area contributed by atoms with Crippen LogP contribution in [0.5, 0.6) is 11.5 Å². The summed E-state index contributed by atoms with van der Waals surface area (Å²) in [6.07, 6.45) is 1.66. The number of aryl methyl sites for hydroxylation is 1. The van der Waals surface area contributed by atoms with E-state index in [1.165, 1.54) is 0 Å². The molecule has 5 nitrogen and oxygen atoms in total. The predicted molar refractivity (Wildman–Crippen MR) is 91.3 cm³/mol. The van der Waals surface area contributed by atoms with E-state index in [0.29, 0.717) is 17.4 Å². The number of methoxy groups -OCH3 is 2. The predicted octanol–water partition coefficient (Wildman–Crippen LogP) is 3.36. The zero-order valence-electron chi connectivity index (χ0n) is 13.7. The first-order valence-corrected chi connectivity index (χ1v) is 7.43. The molecule has 122 valence electrons. The van der Waals surface area contributed by atoms with Crippen molar-refractivity contribution >= 4 is 17.9 Å². The van der Waals surface area contributed by atoms with E-state index in [4.69, 9.17) is 14.2 Å². The summed E-state index contributed by atoms with van der Waals surface area (Å²) in [6, 6.07) is 13.0. The van der Waals surface area contributed by atoms with Crippen molar-refractivity contribution < 1.29 is 19.0 Å². The van der Waals surface area contributed by atoms with Crippen LogP contribution in [0.1, 0.15) is 16.7 Å².